The third-order valence-corrected chi connectivity index (χ3v) is 5.00. The average molecular weight is 419 g/mol. The number of carbonyl (C=O) groups is 3. The lowest BCUT2D eigenvalue weighted by molar-refractivity contribution is -0.121. The molecule has 3 amide bonds. The lowest BCUT2D eigenvalue weighted by atomic mass is 10.2. The van der Waals surface area contributed by atoms with Crippen molar-refractivity contribution in [3.05, 3.63) is 41.7 Å². The summed E-state index contributed by atoms with van der Waals surface area (Å²) in [6.07, 6.45) is 0.575. The molecule has 0 spiro atoms. The van der Waals surface area contributed by atoms with Gasteiger partial charge in [0.1, 0.15) is 5.82 Å². The minimum atomic E-state index is -0.523. The Balaban J connectivity index is 1.99. The minimum absolute atomic E-state index is 0.183. The van der Waals surface area contributed by atoms with Crippen molar-refractivity contribution in [2.75, 3.05) is 0 Å². The normalized spacial score (nSPS) is 11.9. The Labute approximate surface area is 173 Å². The molecule has 10 heteroatoms. The third-order valence-electron chi connectivity index (χ3n) is 3.92. The summed E-state index contributed by atoms with van der Waals surface area (Å²) in [5.41, 5.74) is 10.5. The molecule has 0 radical (unpaired) electrons. The van der Waals surface area contributed by atoms with E-state index in [-0.39, 0.29) is 12.3 Å². The van der Waals surface area contributed by atoms with Crippen LogP contribution in [0, 0.1) is 5.92 Å². The van der Waals surface area contributed by atoms with E-state index in [1.807, 2.05) is 4.57 Å². The summed E-state index contributed by atoms with van der Waals surface area (Å²) in [6.45, 7) is 6.48. The molecule has 1 aromatic carbocycles. The maximum absolute atomic E-state index is 12.4. The number of nitrogens with one attached hydrogen (secondary N) is 2. The van der Waals surface area contributed by atoms with Gasteiger partial charge in [-0.3, -0.25) is 25.2 Å². The number of hydrogen-bond donors (Lipinski definition) is 3. The van der Waals surface area contributed by atoms with Crippen molar-refractivity contribution >= 4 is 29.5 Å². The number of hydrogen-bond acceptors (Lipinski definition) is 6. The van der Waals surface area contributed by atoms with Gasteiger partial charge >= 0.3 is 0 Å². The number of nitrogens with two attached hydrogens (primary N) is 1. The highest BCUT2D eigenvalue weighted by Crippen LogP contribution is 2.24. The lowest BCUT2D eigenvalue weighted by Gasteiger charge is -2.15. The highest BCUT2D eigenvalue weighted by Gasteiger charge is 2.21. The van der Waals surface area contributed by atoms with Crippen LogP contribution in [0.4, 0.5) is 0 Å². The third kappa shape index (κ3) is 6.90. The van der Waals surface area contributed by atoms with Crippen LogP contribution in [0.5, 0.6) is 0 Å². The van der Waals surface area contributed by atoms with Crippen molar-refractivity contribution in [1.82, 2.24) is 25.6 Å². The molecule has 0 aliphatic heterocycles. The second-order valence-electron chi connectivity index (χ2n) is 6.94. The first-order valence-corrected chi connectivity index (χ1v) is 10.2. The quantitative estimate of drug-likeness (QED) is 0.415. The number of aromatic nitrogens is 3. The molecule has 2 rings (SSSR count). The smallest absolute Gasteiger partial charge is 0.269 e. The van der Waals surface area contributed by atoms with E-state index in [0.29, 0.717) is 35.4 Å². The van der Waals surface area contributed by atoms with Gasteiger partial charge in [0.25, 0.3) is 11.8 Å². The molecule has 0 bridgehead atoms. The average Bonchev–Trinajstić information content (AvgIpc) is 3.05. The first-order chi connectivity index (χ1) is 13.8. The maximum Gasteiger partial charge on any atom is 0.269 e. The fourth-order valence-corrected chi connectivity index (χ4v) is 3.35. The van der Waals surface area contributed by atoms with Gasteiger partial charge in [0.2, 0.25) is 5.91 Å². The Hall–Kier alpha value is -2.88. The Kier molecular flexibility index (Phi) is 8.20. The summed E-state index contributed by atoms with van der Waals surface area (Å²) in [5.74, 6) is -0.179. The Morgan fingerprint density at radius 1 is 1.10 bits per heavy atom. The number of thioether (sulfide) groups is 1. The monoisotopic (exact) mass is 418 g/mol. The van der Waals surface area contributed by atoms with Gasteiger partial charge in [-0.2, -0.15) is 0 Å². The van der Waals surface area contributed by atoms with Crippen LogP contribution in [0.15, 0.2) is 35.5 Å². The summed E-state index contributed by atoms with van der Waals surface area (Å²) in [6, 6.07) is 8.60. The molecule has 29 heavy (non-hydrogen) atoms. The van der Waals surface area contributed by atoms with Crippen LogP contribution < -0.4 is 16.6 Å². The van der Waals surface area contributed by atoms with Crippen molar-refractivity contribution in [1.29, 1.82) is 0 Å². The Bertz CT molecular complexity index is 853. The number of benzene rings is 1. The van der Waals surface area contributed by atoms with Crippen molar-refractivity contribution < 1.29 is 14.4 Å². The van der Waals surface area contributed by atoms with E-state index in [4.69, 9.17) is 5.73 Å². The summed E-state index contributed by atoms with van der Waals surface area (Å²) in [5, 5.41) is 8.38. The van der Waals surface area contributed by atoms with Crippen LogP contribution in [0.25, 0.3) is 0 Å². The van der Waals surface area contributed by atoms with Crippen molar-refractivity contribution in [2.24, 2.45) is 11.7 Å². The highest BCUT2D eigenvalue weighted by atomic mass is 32.2. The van der Waals surface area contributed by atoms with Crippen LogP contribution in [0.3, 0.4) is 0 Å². The van der Waals surface area contributed by atoms with Gasteiger partial charge in [-0.05, 0) is 25.0 Å². The molecular weight excluding hydrogens is 392 g/mol. The van der Waals surface area contributed by atoms with Crippen LogP contribution >= 0.6 is 11.8 Å². The van der Waals surface area contributed by atoms with E-state index in [0.717, 1.165) is 0 Å². The topological polar surface area (TPSA) is 132 Å². The van der Waals surface area contributed by atoms with Crippen LogP contribution in [-0.4, -0.2) is 37.7 Å². The molecule has 1 aromatic heterocycles. The number of nitrogens with zero attached hydrogens (tertiary/aromatic N) is 3. The minimum Gasteiger partial charge on any atom is -0.370 e. The number of primary amides is 1. The van der Waals surface area contributed by atoms with E-state index in [9.17, 15) is 14.4 Å². The molecule has 0 saturated carbocycles. The maximum atomic E-state index is 12.4. The van der Waals surface area contributed by atoms with Crippen LogP contribution in [-0.2, 0) is 22.6 Å². The summed E-state index contributed by atoms with van der Waals surface area (Å²) in [4.78, 5) is 35.5. The van der Waals surface area contributed by atoms with E-state index in [1.165, 1.54) is 11.8 Å². The Morgan fingerprint density at radius 3 is 2.41 bits per heavy atom. The van der Waals surface area contributed by atoms with E-state index in [2.05, 4.69) is 34.9 Å². The molecule has 4 N–H and O–H groups in total. The Morgan fingerprint density at radius 2 is 1.79 bits per heavy atom. The molecule has 1 atom stereocenters. The SMILES string of the molecule is CC(C)Cn1c(CCC(N)=O)nnc1S[C@@H](C)C(=O)NNC(=O)c1ccccc1. The molecule has 0 aliphatic carbocycles. The standard InChI is InChI=1S/C19H26N6O3S/c1-12(2)11-25-16(10-9-15(20)26)21-24-19(25)29-13(3)17(27)22-23-18(28)14-7-5-4-6-8-14/h4-8,12-13H,9-11H2,1-3H3,(H2,20,26)(H,22,27)(H,23,28)/t13-/m0/s1. The molecule has 9 nitrogen and oxygen atoms in total. The van der Waals surface area contributed by atoms with Gasteiger partial charge in [0, 0.05) is 24.9 Å². The molecule has 0 fully saturated rings. The predicted molar refractivity (Wildman–Crippen MR) is 110 cm³/mol. The zero-order chi connectivity index (χ0) is 21.4. The summed E-state index contributed by atoms with van der Waals surface area (Å²) in [7, 11) is 0. The summed E-state index contributed by atoms with van der Waals surface area (Å²) < 4.78 is 1.91. The van der Waals surface area contributed by atoms with Gasteiger partial charge in [0.05, 0.1) is 5.25 Å². The predicted octanol–water partition coefficient (Wildman–Crippen LogP) is 1.29. The van der Waals surface area contributed by atoms with Gasteiger partial charge in [-0.1, -0.05) is 43.8 Å². The lowest BCUT2D eigenvalue weighted by Crippen LogP contribution is -2.45. The largest absolute Gasteiger partial charge is 0.370 e. The molecule has 0 unspecified atom stereocenters. The highest BCUT2D eigenvalue weighted by molar-refractivity contribution is 8.00. The van der Waals surface area contributed by atoms with Crippen molar-refractivity contribution in [3.63, 3.8) is 0 Å². The molecule has 2 aromatic rings. The van der Waals surface area contributed by atoms with Crippen molar-refractivity contribution in [2.45, 2.75) is 50.6 Å². The van der Waals surface area contributed by atoms with Crippen LogP contribution in [0.1, 0.15) is 43.4 Å². The zero-order valence-electron chi connectivity index (χ0n) is 16.7. The van der Waals surface area contributed by atoms with Gasteiger partial charge < -0.3 is 10.3 Å². The number of carbonyl (C=O) groups excluding carboxylic acids is 3. The summed E-state index contributed by atoms with van der Waals surface area (Å²) >= 11 is 1.23. The van der Waals surface area contributed by atoms with E-state index < -0.39 is 17.1 Å². The molecule has 0 aliphatic rings. The van der Waals surface area contributed by atoms with E-state index in [1.54, 1.807) is 37.3 Å². The van der Waals surface area contributed by atoms with Crippen LogP contribution in [0.2, 0.25) is 0 Å². The number of hydrazine groups is 1. The zero-order valence-corrected chi connectivity index (χ0v) is 17.5. The number of amides is 3. The van der Waals surface area contributed by atoms with Gasteiger partial charge in [-0.25, -0.2) is 0 Å². The molecule has 0 saturated heterocycles. The number of rotatable bonds is 9. The first kappa shape index (κ1) is 22.4. The second-order valence-corrected chi connectivity index (χ2v) is 8.25. The van der Waals surface area contributed by atoms with Crippen molar-refractivity contribution in [3.8, 4) is 0 Å². The second kappa shape index (κ2) is 10.6. The fourth-order valence-electron chi connectivity index (χ4n) is 2.47. The molecule has 1 heterocycles. The van der Waals surface area contributed by atoms with Gasteiger partial charge in [0.15, 0.2) is 5.16 Å². The number of aryl methyl sites for hydroxylation is 1. The molecular formula is C19H26N6O3S. The first-order valence-electron chi connectivity index (χ1n) is 9.30. The molecule has 156 valence electrons. The van der Waals surface area contributed by atoms with E-state index >= 15 is 0 Å². The van der Waals surface area contributed by atoms with Gasteiger partial charge in [-0.15, -0.1) is 10.2 Å². The fraction of sp³-hybridized carbons (Fsp3) is 0.421.